The third kappa shape index (κ3) is 5.14. The van der Waals surface area contributed by atoms with Gasteiger partial charge in [-0.2, -0.15) is 0 Å². The van der Waals surface area contributed by atoms with E-state index in [1.807, 2.05) is 6.07 Å². The largest absolute Gasteiger partial charge is 0.356 e. The van der Waals surface area contributed by atoms with Crippen LogP contribution >= 0.6 is 0 Å². The summed E-state index contributed by atoms with van der Waals surface area (Å²) >= 11 is 0. The van der Waals surface area contributed by atoms with Crippen molar-refractivity contribution >= 4 is 5.91 Å². The molecule has 1 fully saturated rings. The molecule has 0 spiro atoms. The summed E-state index contributed by atoms with van der Waals surface area (Å²) < 4.78 is 0. The molecule has 0 aliphatic carbocycles. The highest BCUT2D eigenvalue weighted by molar-refractivity contribution is 5.79. The van der Waals surface area contributed by atoms with Gasteiger partial charge in [-0.1, -0.05) is 37.3 Å². The molecule has 1 amide bonds. The van der Waals surface area contributed by atoms with Gasteiger partial charge in [0.1, 0.15) is 0 Å². The Morgan fingerprint density at radius 1 is 1.33 bits per heavy atom. The Bertz CT molecular complexity index is 435. The van der Waals surface area contributed by atoms with Crippen LogP contribution in [0, 0.1) is 11.8 Å². The fourth-order valence-corrected chi connectivity index (χ4v) is 2.83. The van der Waals surface area contributed by atoms with Crippen LogP contribution in [0.15, 0.2) is 30.3 Å². The summed E-state index contributed by atoms with van der Waals surface area (Å²) in [6.45, 7) is 6.63. The molecular formula is C17H27N3O. The summed E-state index contributed by atoms with van der Waals surface area (Å²) in [5.74, 6) is 0.802. The molecule has 4 nitrogen and oxygen atoms in total. The van der Waals surface area contributed by atoms with E-state index in [0.29, 0.717) is 5.92 Å². The second kappa shape index (κ2) is 8.15. The first-order valence-electron chi connectivity index (χ1n) is 7.87. The van der Waals surface area contributed by atoms with E-state index in [1.54, 1.807) is 0 Å². The number of amides is 1. The van der Waals surface area contributed by atoms with E-state index in [2.05, 4.69) is 53.8 Å². The van der Waals surface area contributed by atoms with Crippen molar-refractivity contribution in [3.63, 3.8) is 0 Å². The zero-order chi connectivity index (χ0) is 15.1. The molecule has 4 heteroatoms. The third-order valence-electron chi connectivity index (χ3n) is 4.17. The molecule has 2 N–H and O–H groups in total. The average Bonchev–Trinajstić information content (AvgIpc) is 2.91. The Kier molecular flexibility index (Phi) is 6.21. The fourth-order valence-electron chi connectivity index (χ4n) is 2.83. The summed E-state index contributed by atoms with van der Waals surface area (Å²) in [7, 11) is 2.12. The van der Waals surface area contributed by atoms with Gasteiger partial charge in [0.05, 0.1) is 5.92 Å². The number of carbonyl (C=O) groups excluding carboxylic acids is 1. The molecule has 1 heterocycles. The lowest BCUT2D eigenvalue weighted by molar-refractivity contribution is -0.125. The maximum atomic E-state index is 12.0. The molecular weight excluding hydrogens is 262 g/mol. The van der Waals surface area contributed by atoms with Gasteiger partial charge in [0.2, 0.25) is 5.91 Å². The second-order valence-electron chi connectivity index (χ2n) is 6.11. The summed E-state index contributed by atoms with van der Waals surface area (Å²) in [6, 6.07) is 10.5. The predicted octanol–water partition coefficient (Wildman–Crippen LogP) is 1.48. The molecule has 2 rings (SSSR count). The minimum absolute atomic E-state index is 0.145. The van der Waals surface area contributed by atoms with Gasteiger partial charge < -0.3 is 15.5 Å². The molecule has 116 valence electrons. The van der Waals surface area contributed by atoms with Crippen LogP contribution in [0.5, 0.6) is 0 Å². The van der Waals surface area contributed by atoms with E-state index in [0.717, 1.165) is 39.1 Å². The van der Waals surface area contributed by atoms with Crippen LogP contribution in [0.25, 0.3) is 0 Å². The van der Waals surface area contributed by atoms with Crippen molar-refractivity contribution in [2.75, 3.05) is 33.2 Å². The number of hydrogen-bond acceptors (Lipinski definition) is 3. The van der Waals surface area contributed by atoms with Crippen molar-refractivity contribution in [1.82, 2.24) is 15.5 Å². The summed E-state index contributed by atoms with van der Waals surface area (Å²) in [6.07, 6.45) is 0.990. The average molecular weight is 289 g/mol. The molecule has 2 unspecified atom stereocenters. The van der Waals surface area contributed by atoms with Gasteiger partial charge in [-0.05, 0) is 38.0 Å². The molecule has 0 aromatic heterocycles. The number of carbonyl (C=O) groups is 1. The standard InChI is InChI=1S/C17H27N3O/c1-14-11-18-12-16(14)17(21)19-9-6-10-20(2)13-15-7-4-3-5-8-15/h3-5,7-8,14,16,18H,6,9-13H2,1-2H3,(H,19,21). The monoisotopic (exact) mass is 289 g/mol. The van der Waals surface area contributed by atoms with E-state index in [4.69, 9.17) is 0 Å². The van der Waals surface area contributed by atoms with Crippen LogP contribution in [0.2, 0.25) is 0 Å². The second-order valence-corrected chi connectivity index (χ2v) is 6.11. The van der Waals surface area contributed by atoms with Crippen molar-refractivity contribution in [2.24, 2.45) is 11.8 Å². The molecule has 1 aromatic carbocycles. The Morgan fingerprint density at radius 2 is 2.10 bits per heavy atom. The molecule has 1 aliphatic heterocycles. The zero-order valence-corrected chi connectivity index (χ0v) is 13.1. The molecule has 1 saturated heterocycles. The van der Waals surface area contributed by atoms with Crippen LogP contribution in [-0.2, 0) is 11.3 Å². The maximum Gasteiger partial charge on any atom is 0.224 e. The minimum atomic E-state index is 0.145. The summed E-state index contributed by atoms with van der Waals surface area (Å²) in [5.41, 5.74) is 1.33. The Hall–Kier alpha value is -1.39. The van der Waals surface area contributed by atoms with Gasteiger partial charge in [0, 0.05) is 19.6 Å². The first-order valence-corrected chi connectivity index (χ1v) is 7.87. The number of nitrogens with one attached hydrogen (secondary N) is 2. The van der Waals surface area contributed by atoms with Crippen LogP contribution in [-0.4, -0.2) is 44.0 Å². The van der Waals surface area contributed by atoms with Gasteiger partial charge >= 0.3 is 0 Å². The van der Waals surface area contributed by atoms with Crippen molar-refractivity contribution in [3.05, 3.63) is 35.9 Å². The molecule has 1 aliphatic rings. The highest BCUT2D eigenvalue weighted by Gasteiger charge is 2.28. The van der Waals surface area contributed by atoms with Crippen LogP contribution < -0.4 is 10.6 Å². The normalized spacial score (nSPS) is 21.7. The maximum absolute atomic E-state index is 12.0. The summed E-state index contributed by atoms with van der Waals surface area (Å²) in [4.78, 5) is 14.3. The van der Waals surface area contributed by atoms with Crippen molar-refractivity contribution in [3.8, 4) is 0 Å². The quantitative estimate of drug-likeness (QED) is 0.747. The van der Waals surface area contributed by atoms with Crippen molar-refractivity contribution in [2.45, 2.75) is 19.9 Å². The smallest absolute Gasteiger partial charge is 0.224 e. The number of nitrogens with zero attached hydrogens (tertiary/aromatic N) is 1. The lowest BCUT2D eigenvalue weighted by Gasteiger charge is -2.18. The van der Waals surface area contributed by atoms with E-state index < -0.39 is 0 Å². The number of rotatable bonds is 7. The third-order valence-corrected chi connectivity index (χ3v) is 4.17. The van der Waals surface area contributed by atoms with Crippen LogP contribution in [0.3, 0.4) is 0 Å². The first-order chi connectivity index (χ1) is 10.2. The predicted molar refractivity (Wildman–Crippen MR) is 85.9 cm³/mol. The lowest BCUT2D eigenvalue weighted by atomic mass is 9.97. The van der Waals surface area contributed by atoms with E-state index in [-0.39, 0.29) is 11.8 Å². The van der Waals surface area contributed by atoms with Crippen molar-refractivity contribution in [1.29, 1.82) is 0 Å². The van der Waals surface area contributed by atoms with Gasteiger partial charge in [-0.3, -0.25) is 4.79 Å². The van der Waals surface area contributed by atoms with Crippen LogP contribution in [0.1, 0.15) is 18.9 Å². The van der Waals surface area contributed by atoms with Gasteiger partial charge in [-0.25, -0.2) is 0 Å². The van der Waals surface area contributed by atoms with Gasteiger partial charge in [0.15, 0.2) is 0 Å². The van der Waals surface area contributed by atoms with E-state index in [9.17, 15) is 4.79 Å². The lowest BCUT2D eigenvalue weighted by Crippen LogP contribution is -2.35. The van der Waals surface area contributed by atoms with E-state index in [1.165, 1.54) is 5.56 Å². The summed E-state index contributed by atoms with van der Waals surface area (Å²) in [5, 5.41) is 6.34. The number of hydrogen-bond donors (Lipinski definition) is 2. The van der Waals surface area contributed by atoms with Gasteiger partial charge in [-0.15, -0.1) is 0 Å². The molecule has 21 heavy (non-hydrogen) atoms. The fraction of sp³-hybridized carbons (Fsp3) is 0.588. The SMILES string of the molecule is CC1CNCC1C(=O)NCCCN(C)Cc1ccccc1. The molecule has 0 bridgehead atoms. The molecule has 1 aromatic rings. The highest BCUT2D eigenvalue weighted by atomic mass is 16.1. The Morgan fingerprint density at radius 3 is 2.76 bits per heavy atom. The first kappa shape index (κ1) is 16.0. The Balaban J connectivity index is 1.60. The van der Waals surface area contributed by atoms with Crippen molar-refractivity contribution < 1.29 is 4.79 Å². The van der Waals surface area contributed by atoms with E-state index >= 15 is 0 Å². The molecule has 0 saturated carbocycles. The topological polar surface area (TPSA) is 44.4 Å². The zero-order valence-electron chi connectivity index (χ0n) is 13.1. The molecule has 2 atom stereocenters. The highest BCUT2D eigenvalue weighted by Crippen LogP contribution is 2.15. The minimum Gasteiger partial charge on any atom is -0.356 e. The number of benzene rings is 1. The van der Waals surface area contributed by atoms with Crippen LogP contribution in [0.4, 0.5) is 0 Å². The van der Waals surface area contributed by atoms with Gasteiger partial charge in [0.25, 0.3) is 0 Å². The Labute approximate surface area is 127 Å². The molecule has 0 radical (unpaired) electrons.